The fraction of sp³-hybridized carbons (Fsp3) is 0.250. The summed E-state index contributed by atoms with van der Waals surface area (Å²) in [4.78, 5) is 13.6. The number of phenolic OH excluding ortho intramolecular Hbond substituents is 1. The standard InChI is InChI=1S/C12H14N2O3/c1-7(14-12(16)17)4-8-6-13-11-3-2-9(15)5-10(8)11/h2-3,5-7,13-15H,4H2,1H3,(H,16,17). The Balaban J connectivity index is 2.24. The Bertz CT molecular complexity index is 548. The number of amides is 1. The molecule has 0 saturated carbocycles. The van der Waals surface area contributed by atoms with Crippen LogP contribution in [0.5, 0.6) is 5.75 Å². The minimum absolute atomic E-state index is 0.172. The van der Waals surface area contributed by atoms with E-state index < -0.39 is 6.09 Å². The Hall–Kier alpha value is -2.17. The first kappa shape index (κ1) is 11.3. The van der Waals surface area contributed by atoms with Gasteiger partial charge in [0.25, 0.3) is 0 Å². The van der Waals surface area contributed by atoms with Crippen molar-refractivity contribution in [2.75, 3.05) is 0 Å². The second-order valence-corrected chi connectivity index (χ2v) is 4.10. The second-order valence-electron chi connectivity index (χ2n) is 4.10. The van der Waals surface area contributed by atoms with Crippen molar-refractivity contribution in [2.45, 2.75) is 19.4 Å². The van der Waals surface area contributed by atoms with Crippen molar-refractivity contribution in [3.05, 3.63) is 30.0 Å². The molecule has 0 aliphatic carbocycles. The van der Waals surface area contributed by atoms with E-state index in [1.807, 2.05) is 6.20 Å². The molecule has 1 amide bonds. The zero-order chi connectivity index (χ0) is 12.4. The Morgan fingerprint density at radius 2 is 2.29 bits per heavy atom. The molecule has 5 nitrogen and oxygen atoms in total. The van der Waals surface area contributed by atoms with E-state index in [2.05, 4.69) is 10.3 Å². The largest absolute Gasteiger partial charge is 0.508 e. The first-order chi connectivity index (χ1) is 8.06. The summed E-state index contributed by atoms with van der Waals surface area (Å²) in [5.74, 6) is 0.206. The van der Waals surface area contributed by atoms with Crippen molar-refractivity contribution >= 4 is 17.0 Å². The Labute approximate surface area is 98.1 Å². The zero-order valence-corrected chi connectivity index (χ0v) is 9.40. The van der Waals surface area contributed by atoms with Crippen molar-refractivity contribution in [3.8, 4) is 5.75 Å². The van der Waals surface area contributed by atoms with E-state index in [1.165, 1.54) is 0 Å². The lowest BCUT2D eigenvalue weighted by Crippen LogP contribution is -2.32. The van der Waals surface area contributed by atoms with Crippen molar-refractivity contribution in [3.63, 3.8) is 0 Å². The highest BCUT2D eigenvalue weighted by Gasteiger charge is 2.10. The van der Waals surface area contributed by atoms with Crippen molar-refractivity contribution < 1.29 is 15.0 Å². The van der Waals surface area contributed by atoms with Crippen LogP contribution in [0, 0.1) is 0 Å². The molecule has 1 aromatic heterocycles. The molecule has 0 fully saturated rings. The Morgan fingerprint density at radius 3 is 3.00 bits per heavy atom. The van der Waals surface area contributed by atoms with Crippen LogP contribution in [-0.4, -0.2) is 27.3 Å². The zero-order valence-electron chi connectivity index (χ0n) is 9.40. The Morgan fingerprint density at radius 1 is 1.53 bits per heavy atom. The van der Waals surface area contributed by atoms with E-state index >= 15 is 0 Å². The molecule has 0 aliphatic rings. The maximum atomic E-state index is 10.5. The minimum Gasteiger partial charge on any atom is -0.508 e. The lowest BCUT2D eigenvalue weighted by atomic mass is 10.1. The van der Waals surface area contributed by atoms with Gasteiger partial charge in [0, 0.05) is 23.1 Å². The first-order valence-corrected chi connectivity index (χ1v) is 5.34. The van der Waals surface area contributed by atoms with Crippen molar-refractivity contribution in [1.82, 2.24) is 10.3 Å². The molecule has 0 bridgehead atoms. The highest BCUT2D eigenvalue weighted by atomic mass is 16.4. The average Bonchev–Trinajstić information content (AvgIpc) is 2.60. The van der Waals surface area contributed by atoms with Gasteiger partial charge < -0.3 is 20.5 Å². The summed E-state index contributed by atoms with van der Waals surface area (Å²) < 4.78 is 0. The van der Waals surface area contributed by atoms with Crippen LogP contribution in [0.4, 0.5) is 4.79 Å². The molecule has 2 rings (SSSR count). The van der Waals surface area contributed by atoms with Gasteiger partial charge in [-0.15, -0.1) is 0 Å². The molecular formula is C12H14N2O3. The maximum Gasteiger partial charge on any atom is 0.404 e. The summed E-state index contributed by atoms with van der Waals surface area (Å²) in [6.07, 6.45) is 1.39. The van der Waals surface area contributed by atoms with E-state index in [4.69, 9.17) is 5.11 Å². The topological polar surface area (TPSA) is 85.4 Å². The second kappa shape index (κ2) is 4.37. The van der Waals surface area contributed by atoms with Crippen LogP contribution in [0.15, 0.2) is 24.4 Å². The number of aromatic hydroxyl groups is 1. The number of hydrogen-bond donors (Lipinski definition) is 4. The predicted octanol–water partition coefficient (Wildman–Crippen LogP) is 2.07. The minimum atomic E-state index is -1.03. The molecule has 4 N–H and O–H groups in total. The third kappa shape index (κ3) is 2.50. The monoisotopic (exact) mass is 234 g/mol. The summed E-state index contributed by atoms with van der Waals surface area (Å²) in [5.41, 5.74) is 1.91. The maximum absolute atomic E-state index is 10.5. The van der Waals surface area contributed by atoms with E-state index in [-0.39, 0.29) is 11.8 Å². The molecule has 0 spiro atoms. The Kier molecular flexibility index (Phi) is 2.91. The fourth-order valence-corrected chi connectivity index (χ4v) is 1.93. The fourth-order valence-electron chi connectivity index (χ4n) is 1.93. The van der Waals surface area contributed by atoms with E-state index in [9.17, 15) is 9.90 Å². The number of fused-ring (bicyclic) bond motifs is 1. The van der Waals surface area contributed by atoms with Crippen LogP contribution in [-0.2, 0) is 6.42 Å². The smallest absolute Gasteiger partial charge is 0.404 e. The molecule has 90 valence electrons. The van der Waals surface area contributed by atoms with Crippen molar-refractivity contribution in [1.29, 1.82) is 0 Å². The number of H-pyrrole nitrogens is 1. The summed E-state index contributed by atoms with van der Waals surface area (Å²) in [5, 5.41) is 21.4. The summed E-state index contributed by atoms with van der Waals surface area (Å²) >= 11 is 0. The number of nitrogens with one attached hydrogen (secondary N) is 2. The number of hydrogen-bond acceptors (Lipinski definition) is 2. The third-order valence-electron chi connectivity index (χ3n) is 2.65. The van der Waals surface area contributed by atoms with E-state index in [0.717, 1.165) is 16.5 Å². The number of aromatic nitrogens is 1. The summed E-state index contributed by atoms with van der Waals surface area (Å²) in [6.45, 7) is 1.80. The van der Waals surface area contributed by atoms with Crippen LogP contribution in [0.1, 0.15) is 12.5 Å². The molecule has 0 radical (unpaired) electrons. The third-order valence-corrected chi connectivity index (χ3v) is 2.65. The number of carboxylic acid groups (broad SMARTS) is 1. The normalized spacial score (nSPS) is 12.5. The van der Waals surface area contributed by atoms with Gasteiger partial charge in [0.15, 0.2) is 0 Å². The number of aromatic amines is 1. The van der Waals surface area contributed by atoms with Gasteiger partial charge in [-0.2, -0.15) is 0 Å². The highest BCUT2D eigenvalue weighted by molar-refractivity contribution is 5.84. The van der Waals surface area contributed by atoms with Crippen LogP contribution < -0.4 is 5.32 Å². The average molecular weight is 234 g/mol. The molecule has 0 aliphatic heterocycles. The summed E-state index contributed by atoms with van der Waals surface area (Å²) in [7, 11) is 0. The first-order valence-electron chi connectivity index (χ1n) is 5.34. The SMILES string of the molecule is CC(Cc1c[nH]c2ccc(O)cc12)NC(=O)O. The number of rotatable bonds is 3. The summed E-state index contributed by atoms with van der Waals surface area (Å²) in [6, 6.07) is 4.91. The molecule has 5 heteroatoms. The molecule has 1 heterocycles. The predicted molar refractivity (Wildman–Crippen MR) is 64.3 cm³/mol. The molecule has 0 saturated heterocycles. The van der Waals surface area contributed by atoms with Gasteiger partial charge in [0.2, 0.25) is 0 Å². The van der Waals surface area contributed by atoms with Gasteiger partial charge in [-0.25, -0.2) is 4.79 Å². The van der Waals surface area contributed by atoms with Gasteiger partial charge in [0.05, 0.1) is 0 Å². The van der Waals surface area contributed by atoms with Crippen LogP contribution >= 0.6 is 0 Å². The van der Waals surface area contributed by atoms with Gasteiger partial charge in [-0.3, -0.25) is 0 Å². The molecule has 17 heavy (non-hydrogen) atoms. The van der Waals surface area contributed by atoms with E-state index in [1.54, 1.807) is 25.1 Å². The molecular weight excluding hydrogens is 220 g/mol. The van der Waals surface area contributed by atoms with Gasteiger partial charge in [0.1, 0.15) is 5.75 Å². The molecule has 1 unspecified atom stereocenters. The van der Waals surface area contributed by atoms with E-state index in [0.29, 0.717) is 6.42 Å². The van der Waals surface area contributed by atoms with Gasteiger partial charge >= 0.3 is 6.09 Å². The molecule has 1 aromatic carbocycles. The van der Waals surface area contributed by atoms with Crippen molar-refractivity contribution in [2.24, 2.45) is 0 Å². The lowest BCUT2D eigenvalue weighted by molar-refractivity contribution is 0.190. The van der Waals surface area contributed by atoms with Crippen LogP contribution in [0.25, 0.3) is 10.9 Å². The van der Waals surface area contributed by atoms with Gasteiger partial charge in [-0.05, 0) is 37.1 Å². The van der Waals surface area contributed by atoms with Crippen LogP contribution in [0.2, 0.25) is 0 Å². The number of benzene rings is 1. The van der Waals surface area contributed by atoms with Gasteiger partial charge in [-0.1, -0.05) is 0 Å². The highest BCUT2D eigenvalue weighted by Crippen LogP contribution is 2.23. The number of phenols is 1. The molecule has 1 atom stereocenters. The number of carbonyl (C=O) groups is 1. The molecule has 2 aromatic rings. The quantitative estimate of drug-likeness (QED) is 0.655. The van der Waals surface area contributed by atoms with Crippen LogP contribution in [0.3, 0.4) is 0 Å². The lowest BCUT2D eigenvalue weighted by Gasteiger charge is -2.10.